The summed E-state index contributed by atoms with van der Waals surface area (Å²) in [6, 6.07) is 9.60. The predicted octanol–water partition coefficient (Wildman–Crippen LogP) is 1.08. The minimum absolute atomic E-state index is 0.651. The first-order valence-corrected chi connectivity index (χ1v) is 7.57. The van der Waals surface area contributed by atoms with Crippen LogP contribution in [-0.2, 0) is 19.5 Å². The Bertz CT molecular complexity index is 679. The van der Waals surface area contributed by atoms with Crippen LogP contribution in [0.2, 0.25) is 0 Å². The molecule has 0 aliphatic heterocycles. The molecule has 0 fully saturated rings. The average Bonchev–Trinajstić information content (AvgIpc) is 3.05. The Morgan fingerprint density at radius 2 is 2.09 bits per heavy atom. The summed E-state index contributed by atoms with van der Waals surface area (Å²) in [5.74, 6) is 1.72. The van der Waals surface area contributed by atoms with Gasteiger partial charge in [0.15, 0.2) is 5.96 Å². The van der Waals surface area contributed by atoms with Gasteiger partial charge in [-0.05, 0) is 17.7 Å². The lowest BCUT2D eigenvalue weighted by Crippen LogP contribution is -2.38. The molecule has 2 N–H and O–H groups in total. The number of aryl methyl sites for hydroxylation is 1. The molecule has 23 heavy (non-hydrogen) atoms. The topological polar surface area (TPSA) is 90.9 Å². The van der Waals surface area contributed by atoms with E-state index < -0.39 is 0 Å². The monoisotopic (exact) mass is 311 g/mol. The summed E-state index contributed by atoms with van der Waals surface area (Å²) in [4.78, 5) is 4.20. The summed E-state index contributed by atoms with van der Waals surface area (Å²) in [6.45, 7) is 4.23. The molecule has 0 saturated carbocycles. The van der Waals surface area contributed by atoms with Gasteiger partial charge in [-0.15, -0.1) is 10.2 Å². The molecule has 0 bridgehead atoms. The second-order valence-corrected chi connectivity index (χ2v) is 4.96. The first-order chi connectivity index (χ1) is 11.3. The fourth-order valence-corrected chi connectivity index (χ4v) is 2.14. The molecule has 120 valence electrons. The van der Waals surface area contributed by atoms with Crippen LogP contribution in [0, 0.1) is 11.3 Å². The number of nitrogens with one attached hydrogen (secondary N) is 2. The van der Waals surface area contributed by atoms with E-state index in [-0.39, 0.29) is 0 Å². The first kappa shape index (κ1) is 16.5. The van der Waals surface area contributed by atoms with Gasteiger partial charge in [-0.1, -0.05) is 19.1 Å². The maximum Gasteiger partial charge on any atom is 0.191 e. The number of hydrogen-bond donors (Lipinski definition) is 2. The van der Waals surface area contributed by atoms with Gasteiger partial charge in [-0.25, -0.2) is 0 Å². The van der Waals surface area contributed by atoms with Gasteiger partial charge in [0, 0.05) is 33.1 Å². The van der Waals surface area contributed by atoms with Crippen molar-refractivity contribution in [3.8, 4) is 6.07 Å². The third kappa shape index (κ3) is 4.81. The molecule has 0 aliphatic carbocycles. The minimum atomic E-state index is 0.651. The van der Waals surface area contributed by atoms with Crippen molar-refractivity contribution in [3.05, 3.63) is 47.5 Å². The molecule has 7 nitrogen and oxygen atoms in total. The van der Waals surface area contributed by atoms with E-state index in [1.54, 1.807) is 13.4 Å². The van der Waals surface area contributed by atoms with Crippen molar-refractivity contribution in [1.29, 1.82) is 5.26 Å². The number of aliphatic imine (C=N–C) groups is 1. The number of guanidine groups is 1. The fraction of sp³-hybridized carbons (Fsp3) is 0.375. The second kappa shape index (κ2) is 8.54. The summed E-state index contributed by atoms with van der Waals surface area (Å²) < 4.78 is 2.03. The molecular weight excluding hydrogens is 290 g/mol. The molecule has 2 aromatic rings. The van der Waals surface area contributed by atoms with Crippen LogP contribution in [0.3, 0.4) is 0 Å². The molecule has 1 aromatic heterocycles. The van der Waals surface area contributed by atoms with Crippen molar-refractivity contribution >= 4 is 5.96 Å². The predicted molar refractivity (Wildman–Crippen MR) is 88.8 cm³/mol. The quantitative estimate of drug-likeness (QED) is 0.615. The zero-order chi connectivity index (χ0) is 16.5. The smallest absolute Gasteiger partial charge is 0.191 e. The number of nitrogens with zero attached hydrogens (tertiary/aromatic N) is 5. The second-order valence-electron chi connectivity index (χ2n) is 4.96. The molecule has 0 radical (unpaired) electrons. The van der Waals surface area contributed by atoms with Gasteiger partial charge in [0.1, 0.15) is 12.2 Å². The molecular formula is C16H21N7. The molecule has 0 aliphatic rings. The Morgan fingerprint density at radius 1 is 1.30 bits per heavy atom. The molecule has 0 amide bonds. The highest BCUT2D eigenvalue weighted by Crippen LogP contribution is 2.02. The van der Waals surface area contributed by atoms with Crippen LogP contribution in [0.1, 0.15) is 23.9 Å². The average molecular weight is 311 g/mol. The van der Waals surface area contributed by atoms with Gasteiger partial charge in [0.05, 0.1) is 11.6 Å². The van der Waals surface area contributed by atoms with Gasteiger partial charge in [0.2, 0.25) is 0 Å². The molecule has 0 spiro atoms. The molecule has 0 saturated heterocycles. The van der Waals surface area contributed by atoms with Gasteiger partial charge in [0.25, 0.3) is 0 Å². The van der Waals surface area contributed by atoms with E-state index in [0.717, 1.165) is 36.9 Å². The standard InChI is InChI=1S/C16H21N7/c1-3-15-22-21-12-23(15)9-8-19-16(18-2)20-11-14-6-4-13(10-17)5-7-14/h4-7,12H,3,8-9,11H2,1-2H3,(H2,18,19,20). The first-order valence-electron chi connectivity index (χ1n) is 7.57. The van der Waals surface area contributed by atoms with Crippen LogP contribution in [0.4, 0.5) is 0 Å². The zero-order valence-corrected chi connectivity index (χ0v) is 13.5. The van der Waals surface area contributed by atoms with Crippen LogP contribution in [0.15, 0.2) is 35.6 Å². The largest absolute Gasteiger partial charge is 0.355 e. The summed E-state index contributed by atoms with van der Waals surface area (Å²) in [5.41, 5.74) is 1.76. The molecule has 0 unspecified atom stereocenters. The van der Waals surface area contributed by atoms with Gasteiger partial charge in [-0.3, -0.25) is 4.99 Å². The number of benzene rings is 1. The van der Waals surface area contributed by atoms with Crippen LogP contribution < -0.4 is 10.6 Å². The number of nitriles is 1. The molecule has 2 rings (SSSR count). The molecule has 1 heterocycles. The Balaban J connectivity index is 1.78. The highest BCUT2D eigenvalue weighted by Gasteiger charge is 2.02. The van der Waals surface area contributed by atoms with Crippen LogP contribution in [0.25, 0.3) is 0 Å². The Morgan fingerprint density at radius 3 is 2.74 bits per heavy atom. The summed E-state index contributed by atoms with van der Waals surface area (Å²) >= 11 is 0. The lowest BCUT2D eigenvalue weighted by atomic mass is 10.1. The van der Waals surface area contributed by atoms with Crippen LogP contribution >= 0.6 is 0 Å². The van der Waals surface area contributed by atoms with Crippen LogP contribution in [-0.4, -0.2) is 34.3 Å². The Labute approximate surface area is 136 Å². The van der Waals surface area contributed by atoms with E-state index in [2.05, 4.69) is 38.8 Å². The van der Waals surface area contributed by atoms with E-state index in [9.17, 15) is 0 Å². The summed E-state index contributed by atoms with van der Waals surface area (Å²) in [6.07, 6.45) is 2.61. The summed E-state index contributed by atoms with van der Waals surface area (Å²) in [5, 5.41) is 23.3. The molecule has 7 heteroatoms. The fourth-order valence-electron chi connectivity index (χ4n) is 2.14. The SMILES string of the molecule is CCc1nncn1CCNC(=NC)NCc1ccc(C#N)cc1. The number of rotatable bonds is 6. The van der Waals surface area contributed by atoms with E-state index in [4.69, 9.17) is 5.26 Å². The Hall–Kier alpha value is -2.88. The van der Waals surface area contributed by atoms with Gasteiger partial charge in [-0.2, -0.15) is 5.26 Å². The molecule has 1 aromatic carbocycles. The highest BCUT2D eigenvalue weighted by atomic mass is 15.3. The zero-order valence-electron chi connectivity index (χ0n) is 13.5. The van der Waals surface area contributed by atoms with E-state index in [1.807, 2.05) is 28.8 Å². The minimum Gasteiger partial charge on any atom is -0.355 e. The van der Waals surface area contributed by atoms with E-state index in [0.29, 0.717) is 12.1 Å². The summed E-state index contributed by atoms with van der Waals surface area (Å²) in [7, 11) is 1.74. The van der Waals surface area contributed by atoms with Crippen molar-refractivity contribution in [1.82, 2.24) is 25.4 Å². The third-order valence-electron chi connectivity index (χ3n) is 3.42. The lowest BCUT2D eigenvalue weighted by molar-refractivity contribution is 0.632. The van der Waals surface area contributed by atoms with Crippen molar-refractivity contribution in [2.24, 2.45) is 4.99 Å². The van der Waals surface area contributed by atoms with Crippen molar-refractivity contribution in [2.45, 2.75) is 26.4 Å². The number of aromatic nitrogens is 3. The Kier molecular flexibility index (Phi) is 6.12. The maximum atomic E-state index is 8.79. The molecule has 0 atom stereocenters. The maximum absolute atomic E-state index is 8.79. The van der Waals surface area contributed by atoms with E-state index in [1.165, 1.54) is 0 Å². The highest BCUT2D eigenvalue weighted by molar-refractivity contribution is 5.79. The number of hydrogen-bond acceptors (Lipinski definition) is 4. The van der Waals surface area contributed by atoms with Crippen LogP contribution in [0.5, 0.6) is 0 Å². The van der Waals surface area contributed by atoms with Crippen molar-refractivity contribution < 1.29 is 0 Å². The van der Waals surface area contributed by atoms with Crippen molar-refractivity contribution in [3.63, 3.8) is 0 Å². The van der Waals surface area contributed by atoms with Crippen molar-refractivity contribution in [2.75, 3.05) is 13.6 Å². The van der Waals surface area contributed by atoms with E-state index >= 15 is 0 Å². The van der Waals surface area contributed by atoms with Gasteiger partial charge < -0.3 is 15.2 Å². The van der Waals surface area contributed by atoms with Gasteiger partial charge >= 0.3 is 0 Å². The third-order valence-corrected chi connectivity index (χ3v) is 3.42. The normalized spacial score (nSPS) is 11.1. The lowest BCUT2D eigenvalue weighted by Gasteiger charge is -2.12.